The first-order chi connectivity index (χ1) is 16.9. The van der Waals surface area contributed by atoms with Crippen molar-refractivity contribution in [1.29, 1.82) is 0 Å². The van der Waals surface area contributed by atoms with E-state index in [9.17, 15) is 10.0 Å². The second kappa shape index (κ2) is 11.8. The maximum absolute atomic E-state index is 12.8. The van der Waals surface area contributed by atoms with E-state index in [0.29, 0.717) is 51.9 Å². The third-order valence-electron chi connectivity index (χ3n) is 6.15. The van der Waals surface area contributed by atoms with Gasteiger partial charge in [-0.2, -0.15) is 4.73 Å². The van der Waals surface area contributed by atoms with Gasteiger partial charge in [0.25, 0.3) is 5.91 Å². The number of ether oxygens (including phenoxy) is 1. The highest BCUT2D eigenvalue weighted by Crippen LogP contribution is 2.27. The molecule has 2 aromatic carbocycles. The summed E-state index contributed by atoms with van der Waals surface area (Å²) in [4.78, 5) is 15.0. The van der Waals surface area contributed by atoms with Gasteiger partial charge in [-0.1, -0.05) is 40.9 Å². The molecule has 1 aromatic heterocycles. The van der Waals surface area contributed by atoms with E-state index in [4.69, 9.17) is 39.5 Å². The zero-order valence-electron chi connectivity index (χ0n) is 19.1. The van der Waals surface area contributed by atoms with Gasteiger partial charge in [0.2, 0.25) is 0 Å². The lowest BCUT2D eigenvalue weighted by molar-refractivity contribution is -0.605. The lowest BCUT2D eigenvalue weighted by Gasteiger charge is -2.33. The molecular formula is C26H26Cl3N3O3. The summed E-state index contributed by atoms with van der Waals surface area (Å²) in [7, 11) is 0. The van der Waals surface area contributed by atoms with Crippen LogP contribution in [0.5, 0.6) is 5.75 Å². The minimum atomic E-state index is -0.155. The number of hydrogen-bond acceptors (Lipinski definition) is 4. The Morgan fingerprint density at radius 2 is 1.77 bits per heavy atom. The second-order valence-electron chi connectivity index (χ2n) is 8.54. The number of hydrogen-bond donors (Lipinski definition) is 1. The molecule has 0 unspecified atom stereocenters. The number of nitrogens with one attached hydrogen (secondary N) is 1. The lowest BCUT2D eigenvalue weighted by atomic mass is 9.96. The fourth-order valence-electron chi connectivity index (χ4n) is 4.10. The Morgan fingerprint density at radius 3 is 2.49 bits per heavy atom. The average molecular weight is 535 g/mol. The van der Waals surface area contributed by atoms with Gasteiger partial charge in [0.1, 0.15) is 5.75 Å². The highest BCUT2D eigenvalue weighted by atomic mass is 35.5. The van der Waals surface area contributed by atoms with E-state index < -0.39 is 0 Å². The first-order valence-corrected chi connectivity index (χ1v) is 12.6. The smallest absolute Gasteiger partial charge is 0.251 e. The lowest BCUT2D eigenvalue weighted by Crippen LogP contribution is -2.39. The van der Waals surface area contributed by atoms with Crippen molar-refractivity contribution in [3.05, 3.63) is 92.3 Å². The summed E-state index contributed by atoms with van der Waals surface area (Å²) in [5.41, 5.74) is 2.47. The topological polar surface area (TPSA) is 68.5 Å². The van der Waals surface area contributed by atoms with E-state index in [1.165, 1.54) is 12.4 Å². The van der Waals surface area contributed by atoms with Crippen LogP contribution in [0, 0.1) is 11.1 Å². The number of nitrogens with zero attached hydrogens (tertiary/aromatic N) is 2. The summed E-state index contributed by atoms with van der Waals surface area (Å²) >= 11 is 18.4. The zero-order valence-corrected chi connectivity index (χ0v) is 21.3. The Labute approximate surface area is 219 Å². The summed E-state index contributed by atoms with van der Waals surface area (Å²) < 4.78 is 6.63. The van der Waals surface area contributed by atoms with E-state index in [0.717, 1.165) is 41.9 Å². The van der Waals surface area contributed by atoms with Crippen molar-refractivity contribution in [1.82, 2.24) is 5.32 Å². The van der Waals surface area contributed by atoms with Gasteiger partial charge in [0.15, 0.2) is 12.4 Å². The van der Waals surface area contributed by atoms with Crippen LogP contribution in [0.4, 0.5) is 5.69 Å². The average Bonchev–Trinajstić information content (AvgIpc) is 2.86. The molecule has 1 saturated heterocycles. The van der Waals surface area contributed by atoms with Crippen LogP contribution < -0.4 is 19.7 Å². The Balaban J connectivity index is 1.25. The quantitative estimate of drug-likeness (QED) is 0.304. The molecule has 0 aliphatic carbocycles. The molecule has 1 fully saturated rings. The fraction of sp³-hybridized carbons (Fsp3) is 0.308. The van der Waals surface area contributed by atoms with E-state index in [1.807, 2.05) is 18.2 Å². The maximum atomic E-state index is 12.8. The Hall–Kier alpha value is -2.67. The molecular weight excluding hydrogens is 509 g/mol. The molecule has 2 heterocycles. The van der Waals surface area contributed by atoms with E-state index >= 15 is 0 Å². The Kier molecular flexibility index (Phi) is 8.60. The fourth-order valence-corrected chi connectivity index (χ4v) is 4.78. The van der Waals surface area contributed by atoms with Crippen molar-refractivity contribution in [2.45, 2.75) is 19.3 Å². The van der Waals surface area contributed by atoms with Crippen LogP contribution >= 0.6 is 34.8 Å². The molecule has 35 heavy (non-hydrogen) atoms. The second-order valence-corrected chi connectivity index (χ2v) is 9.79. The molecule has 0 atom stereocenters. The van der Waals surface area contributed by atoms with Crippen LogP contribution in [0.3, 0.4) is 0 Å². The van der Waals surface area contributed by atoms with Crippen molar-refractivity contribution in [3.63, 3.8) is 0 Å². The molecule has 0 saturated carbocycles. The maximum Gasteiger partial charge on any atom is 0.251 e. The Bertz CT molecular complexity index is 1170. The molecule has 3 aromatic rings. The van der Waals surface area contributed by atoms with Crippen molar-refractivity contribution in [2.75, 3.05) is 31.1 Å². The van der Waals surface area contributed by atoms with Crippen LogP contribution in [0.15, 0.2) is 60.9 Å². The number of pyridine rings is 1. The number of piperidine rings is 1. The molecule has 184 valence electrons. The van der Waals surface area contributed by atoms with Crippen LogP contribution in [0.1, 0.15) is 28.8 Å². The first-order valence-electron chi connectivity index (χ1n) is 11.5. The summed E-state index contributed by atoms with van der Waals surface area (Å²) in [6, 6.07) is 14.1. The van der Waals surface area contributed by atoms with Gasteiger partial charge in [-0.25, -0.2) is 0 Å². The third-order valence-corrected chi connectivity index (χ3v) is 7.05. The largest absolute Gasteiger partial charge is 0.619 e. The molecule has 0 radical (unpaired) electrons. The summed E-state index contributed by atoms with van der Waals surface area (Å²) in [6.45, 7) is 2.75. The molecule has 0 spiro atoms. The highest BCUT2D eigenvalue weighted by Gasteiger charge is 2.21. The molecule has 6 nitrogen and oxygen atoms in total. The number of anilines is 1. The van der Waals surface area contributed by atoms with E-state index in [1.54, 1.807) is 30.3 Å². The SMILES string of the molecule is O=C(NCC1CCN(c2cc[n+]([O-])cc2)CC1)c1ccc(Cl)c(OCCc2ccc(Cl)cc2Cl)c1. The molecule has 9 heteroatoms. The zero-order chi connectivity index (χ0) is 24.8. The number of amides is 1. The third kappa shape index (κ3) is 6.94. The standard InChI is InChI=1S/C26H26Cl3N3O3/c27-21-3-1-19(24(29)16-21)9-14-35-25-15-20(2-4-23(25)28)26(33)30-17-18-5-10-31(11-6-18)22-7-12-32(34)13-8-22/h1-4,7-8,12-13,15-16,18H,5-6,9-11,14,17H2,(H,30,33). The monoisotopic (exact) mass is 533 g/mol. The molecule has 1 aliphatic heterocycles. The van der Waals surface area contributed by atoms with Crippen LogP contribution in [0.2, 0.25) is 15.1 Å². The van der Waals surface area contributed by atoms with Gasteiger partial charge >= 0.3 is 0 Å². The number of carbonyl (C=O) groups excluding carboxylic acids is 1. The van der Waals surface area contributed by atoms with Gasteiger partial charge in [0, 0.05) is 59.5 Å². The molecule has 1 amide bonds. The highest BCUT2D eigenvalue weighted by molar-refractivity contribution is 6.35. The predicted molar refractivity (Wildman–Crippen MR) is 140 cm³/mol. The van der Waals surface area contributed by atoms with Gasteiger partial charge in [-0.15, -0.1) is 0 Å². The van der Waals surface area contributed by atoms with E-state index in [-0.39, 0.29) is 5.91 Å². The molecule has 0 bridgehead atoms. The van der Waals surface area contributed by atoms with Gasteiger partial charge < -0.3 is 20.2 Å². The number of benzene rings is 2. The van der Waals surface area contributed by atoms with Crippen molar-refractivity contribution < 1.29 is 14.3 Å². The minimum Gasteiger partial charge on any atom is -0.619 e. The molecule has 1 aliphatic rings. The van der Waals surface area contributed by atoms with Crippen LogP contribution in [-0.2, 0) is 6.42 Å². The summed E-state index contributed by atoms with van der Waals surface area (Å²) in [5, 5.41) is 15.9. The van der Waals surface area contributed by atoms with E-state index in [2.05, 4.69) is 10.2 Å². The van der Waals surface area contributed by atoms with Crippen molar-refractivity contribution in [3.8, 4) is 5.75 Å². The van der Waals surface area contributed by atoms with Crippen molar-refractivity contribution in [2.24, 2.45) is 5.92 Å². The van der Waals surface area contributed by atoms with Crippen LogP contribution in [0.25, 0.3) is 0 Å². The number of carbonyl (C=O) groups is 1. The van der Waals surface area contributed by atoms with Crippen LogP contribution in [-0.4, -0.2) is 32.1 Å². The predicted octanol–water partition coefficient (Wildman–Crippen LogP) is 5.55. The number of aromatic nitrogens is 1. The van der Waals surface area contributed by atoms with Gasteiger partial charge in [0.05, 0.1) is 11.6 Å². The van der Waals surface area contributed by atoms with Gasteiger partial charge in [-0.3, -0.25) is 4.79 Å². The summed E-state index contributed by atoms with van der Waals surface area (Å²) in [5.74, 6) is 0.702. The Morgan fingerprint density at radius 1 is 1.03 bits per heavy atom. The molecule has 4 rings (SSSR count). The summed E-state index contributed by atoms with van der Waals surface area (Å²) in [6.07, 6.45) is 5.54. The first kappa shape index (κ1) is 25.4. The van der Waals surface area contributed by atoms with Crippen molar-refractivity contribution >= 4 is 46.4 Å². The normalized spacial score (nSPS) is 14.1. The van der Waals surface area contributed by atoms with Gasteiger partial charge in [-0.05, 0) is 54.7 Å². The molecule has 1 N–H and O–H groups in total. The number of rotatable bonds is 8. The minimum absolute atomic E-state index is 0.155. The number of halogens is 3.